The number of rotatable bonds is 3. The molecule has 3 aromatic rings. The average molecular weight is 363 g/mol. The number of hydrogen-bond acceptors (Lipinski definition) is 3. The van der Waals surface area contributed by atoms with Crippen LogP contribution in [0.3, 0.4) is 0 Å². The number of amides is 1. The molecule has 2 heterocycles. The van der Waals surface area contributed by atoms with Gasteiger partial charge in [0.1, 0.15) is 11.5 Å². The van der Waals surface area contributed by atoms with Crippen molar-refractivity contribution in [2.24, 2.45) is 0 Å². The number of nitrogens with zero attached hydrogens (tertiary/aromatic N) is 3. The molecule has 5 heteroatoms. The van der Waals surface area contributed by atoms with Crippen LogP contribution in [0.1, 0.15) is 22.5 Å². The van der Waals surface area contributed by atoms with E-state index in [1.54, 1.807) is 6.20 Å². The maximum Gasteiger partial charge on any atom is 0.273 e. The molecular formula is C22H22FN3O. The molecule has 138 valence electrons. The van der Waals surface area contributed by atoms with Crippen molar-refractivity contribution in [1.29, 1.82) is 0 Å². The number of fused-ring (bicyclic) bond motifs is 1. The summed E-state index contributed by atoms with van der Waals surface area (Å²) >= 11 is 0. The molecule has 2 aromatic carbocycles. The van der Waals surface area contributed by atoms with E-state index >= 15 is 0 Å². The van der Waals surface area contributed by atoms with E-state index in [1.807, 2.05) is 47.4 Å². The fourth-order valence-electron chi connectivity index (χ4n) is 3.62. The Morgan fingerprint density at radius 2 is 1.78 bits per heavy atom. The summed E-state index contributed by atoms with van der Waals surface area (Å²) in [4.78, 5) is 21.7. The third-order valence-corrected chi connectivity index (χ3v) is 5.07. The molecule has 0 saturated carbocycles. The molecular weight excluding hydrogens is 341 g/mol. The predicted molar refractivity (Wildman–Crippen MR) is 104 cm³/mol. The van der Waals surface area contributed by atoms with Crippen LogP contribution < -0.4 is 0 Å². The third kappa shape index (κ3) is 3.98. The Labute approximate surface area is 158 Å². The molecule has 1 aliphatic heterocycles. The number of halogens is 1. The van der Waals surface area contributed by atoms with Crippen LogP contribution in [-0.2, 0) is 6.54 Å². The van der Waals surface area contributed by atoms with Crippen molar-refractivity contribution in [3.8, 4) is 0 Å². The summed E-state index contributed by atoms with van der Waals surface area (Å²) in [5, 5.41) is 1.93. The number of carbonyl (C=O) groups excluding carboxylic acids is 1. The van der Waals surface area contributed by atoms with E-state index in [1.165, 1.54) is 12.1 Å². The second kappa shape index (κ2) is 7.84. The van der Waals surface area contributed by atoms with E-state index in [0.717, 1.165) is 48.9 Å². The first-order chi connectivity index (χ1) is 13.2. The monoisotopic (exact) mass is 363 g/mol. The van der Waals surface area contributed by atoms with Gasteiger partial charge in [0, 0.05) is 44.3 Å². The van der Waals surface area contributed by atoms with E-state index in [0.29, 0.717) is 12.2 Å². The molecule has 0 radical (unpaired) electrons. The highest BCUT2D eigenvalue weighted by Crippen LogP contribution is 2.19. The molecule has 1 aliphatic rings. The zero-order valence-corrected chi connectivity index (χ0v) is 15.1. The standard InChI is InChI=1S/C22H22FN3O/c23-19-8-6-17(7-9-19)16-25-12-3-13-26(15-14-25)22(27)21-20-5-2-1-4-18(20)10-11-24-21/h1-2,4-11H,3,12-16H2. The summed E-state index contributed by atoms with van der Waals surface area (Å²) in [6.45, 7) is 3.89. The quantitative estimate of drug-likeness (QED) is 0.712. The van der Waals surface area contributed by atoms with Gasteiger partial charge in [0.2, 0.25) is 0 Å². The average Bonchev–Trinajstić information content (AvgIpc) is 2.94. The molecule has 0 unspecified atom stereocenters. The van der Waals surface area contributed by atoms with E-state index in [9.17, 15) is 9.18 Å². The van der Waals surface area contributed by atoms with Gasteiger partial charge >= 0.3 is 0 Å². The molecule has 0 bridgehead atoms. The Morgan fingerprint density at radius 3 is 2.63 bits per heavy atom. The van der Waals surface area contributed by atoms with Crippen LogP contribution in [0.25, 0.3) is 10.8 Å². The molecule has 1 saturated heterocycles. The number of aromatic nitrogens is 1. The van der Waals surface area contributed by atoms with Gasteiger partial charge < -0.3 is 4.90 Å². The second-order valence-electron chi connectivity index (χ2n) is 6.93. The number of carbonyl (C=O) groups is 1. The first kappa shape index (κ1) is 17.6. The molecule has 27 heavy (non-hydrogen) atoms. The van der Waals surface area contributed by atoms with Crippen molar-refractivity contribution in [3.63, 3.8) is 0 Å². The lowest BCUT2D eigenvalue weighted by molar-refractivity contribution is 0.0757. The first-order valence-corrected chi connectivity index (χ1v) is 9.30. The smallest absolute Gasteiger partial charge is 0.273 e. The molecule has 4 nitrogen and oxygen atoms in total. The highest BCUT2D eigenvalue weighted by molar-refractivity contribution is 6.05. The van der Waals surface area contributed by atoms with Gasteiger partial charge in [-0.15, -0.1) is 0 Å². The SMILES string of the molecule is O=C(c1nccc2ccccc12)N1CCCN(Cc2ccc(F)cc2)CC1. The van der Waals surface area contributed by atoms with Crippen LogP contribution in [-0.4, -0.2) is 46.9 Å². The number of pyridine rings is 1. The zero-order valence-electron chi connectivity index (χ0n) is 15.1. The van der Waals surface area contributed by atoms with Crippen molar-refractivity contribution in [1.82, 2.24) is 14.8 Å². The van der Waals surface area contributed by atoms with E-state index in [-0.39, 0.29) is 11.7 Å². The lowest BCUT2D eigenvalue weighted by Gasteiger charge is -2.22. The fraction of sp³-hybridized carbons (Fsp3) is 0.273. The van der Waals surface area contributed by atoms with Gasteiger partial charge in [-0.25, -0.2) is 4.39 Å². The summed E-state index contributed by atoms with van der Waals surface area (Å²) in [7, 11) is 0. The molecule has 0 atom stereocenters. The van der Waals surface area contributed by atoms with Crippen molar-refractivity contribution in [2.75, 3.05) is 26.2 Å². The minimum atomic E-state index is -0.214. The van der Waals surface area contributed by atoms with Gasteiger partial charge in [-0.1, -0.05) is 36.4 Å². The highest BCUT2D eigenvalue weighted by atomic mass is 19.1. The minimum absolute atomic E-state index is 0.00423. The Morgan fingerprint density at radius 1 is 0.963 bits per heavy atom. The maximum atomic E-state index is 13.1. The molecule has 4 rings (SSSR count). The van der Waals surface area contributed by atoms with Crippen LogP contribution in [0, 0.1) is 5.82 Å². The van der Waals surface area contributed by atoms with Crippen LogP contribution >= 0.6 is 0 Å². The van der Waals surface area contributed by atoms with Crippen LogP contribution in [0.5, 0.6) is 0 Å². The fourth-order valence-corrected chi connectivity index (χ4v) is 3.62. The summed E-state index contributed by atoms with van der Waals surface area (Å²) in [5.74, 6) is -0.218. The number of hydrogen-bond donors (Lipinski definition) is 0. The zero-order chi connectivity index (χ0) is 18.6. The van der Waals surface area contributed by atoms with Crippen LogP contribution in [0.15, 0.2) is 60.8 Å². The summed E-state index contributed by atoms with van der Waals surface area (Å²) in [5.41, 5.74) is 1.62. The van der Waals surface area contributed by atoms with Gasteiger partial charge in [-0.3, -0.25) is 14.7 Å². The van der Waals surface area contributed by atoms with Crippen molar-refractivity contribution >= 4 is 16.7 Å². The summed E-state index contributed by atoms with van der Waals surface area (Å²) in [6, 6.07) is 16.4. The number of benzene rings is 2. The van der Waals surface area contributed by atoms with Gasteiger partial charge in [0.15, 0.2) is 0 Å². The van der Waals surface area contributed by atoms with E-state index in [2.05, 4.69) is 9.88 Å². The van der Waals surface area contributed by atoms with Gasteiger partial charge in [0.25, 0.3) is 5.91 Å². The Bertz CT molecular complexity index is 936. The summed E-state index contributed by atoms with van der Waals surface area (Å²) in [6.07, 6.45) is 2.62. The Hall–Kier alpha value is -2.79. The minimum Gasteiger partial charge on any atom is -0.336 e. The van der Waals surface area contributed by atoms with Crippen molar-refractivity contribution in [3.05, 3.63) is 77.9 Å². The second-order valence-corrected chi connectivity index (χ2v) is 6.93. The predicted octanol–water partition coefficient (Wildman–Crippen LogP) is 3.72. The van der Waals surface area contributed by atoms with Crippen molar-refractivity contribution in [2.45, 2.75) is 13.0 Å². The highest BCUT2D eigenvalue weighted by Gasteiger charge is 2.22. The molecule has 1 fully saturated rings. The van der Waals surface area contributed by atoms with Gasteiger partial charge in [0.05, 0.1) is 0 Å². The maximum absolute atomic E-state index is 13.1. The molecule has 1 amide bonds. The first-order valence-electron chi connectivity index (χ1n) is 9.30. The van der Waals surface area contributed by atoms with Crippen LogP contribution in [0.2, 0.25) is 0 Å². The molecule has 1 aromatic heterocycles. The van der Waals surface area contributed by atoms with Gasteiger partial charge in [-0.2, -0.15) is 0 Å². The van der Waals surface area contributed by atoms with E-state index in [4.69, 9.17) is 0 Å². The molecule has 0 spiro atoms. The lowest BCUT2D eigenvalue weighted by atomic mass is 10.1. The normalized spacial score (nSPS) is 15.7. The largest absolute Gasteiger partial charge is 0.336 e. The molecule has 0 aliphatic carbocycles. The third-order valence-electron chi connectivity index (χ3n) is 5.07. The molecule has 0 N–H and O–H groups in total. The van der Waals surface area contributed by atoms with Crippen molar-refractivity contribution < 1.29 is 9.18 Å². The lowest BCUT2D eigenvalue weighted by Crippen LogP contribution is -2.35. The Kier molecular flexibility index (Phi) is 5.12. The van der Waals surface area contributed by atoms with Crippen LogP contribution in [0.4, 0.5) is 4.39 Å². The topological polar surface area (TPSA) is 36.4 Å². The summed E-state index contributed by atoms with van der Waals surface area (Å²) < 4.78 is 13.1. The van der Waals surface area contributed by atoms with E-state index < -0.39 is 0 Å². The Balaban J connectivity index is 1.46. The van der Waals surface area contributed by atoms with Gasteiger partial charge in [-0.05, 0) is 35.6 Å².